The Balaban J connectivity index is 0.00000270. The molecule has 3 aliphatic heterocycles. The number of sulfonamides is 1. The van der Waals surface area contributed by atoms with E-state index in [-0.39, 0.29) is 46.9 Å². The summed E-state index contributed by atoms with van der Waals surface area (Å²) in [4.78, 5) is 35.8. The molecule has 2 amide bonds. The normalized spacial score (nSPS) is 20.4. The Kier molecular flexibility index (Phi) is 12.0. The molecule has 13 heteroatoms. The molecule has 3 aromatic rings. The summed E-state index contributed by atoms with van der Waals surface area (Å²) in [6.45, 7) is 10.1. The van der Waals surface area contributed by atoms with Crippen LogP contribution in [0.3, 0.4) is 0 Å². The Morgan fingerprint density at radius 1 is 0.878 bits per heavy atom. The fourth-order valence-electron chi connectivity index (χ4n) is 7.21. The first kappa shape index (κ1) is 38.5. The van der Waals surface area contributed by atoms with E-state index >= 15 is 4.79 Å². The van der Waals surface area contributed by atoms with Crippen molar-refractivity contribution in [2.45, 2.75) is 56.1 Å². The fraction of sp³-hybridized carbons (Fsp3) is 0.444. The van der Waals surface area contributed by atoms with Crippen molar-refractivity contribution in [3.63, 3.8) is 0 Å². The van der Waals surface area contributed by atoms with E-state index in [1.54, 1.807) is 60.4 Å². The predicted octanol–water partition coefficient (Wildman–Crippen LogP) is 5.80. The Bertz CT molecular complexity index is 1770. The van der Waals surface area contributed by atoms with Gasteiger partial charge in [-0.2, -0.15) is 4.31 Å². The highest BCUT2D eigenvalue weighted by atomic mass is 35.5. The number of methoxy groups -OCH3 is 1. The molecule has 10 nitrogen and oxygen atoms in total. The molecule has 3 aliphatic rings. The van der Waals surface area contributed by atoms with Gasteiger partial charge in [0, 0.05) is 43.3 Å². The minimum absolute atomic E-state index is 0. The number of benzene rings is 3. The van der Waals surface area contributed by atoms with Crippen molar-refractivity contribution in [2.75, 3.05) is 57.7 Å². The third kappa shape index (κ3) is 6.88. The largest absolute Gasteiger partial charge is 0.497 e. The minimum Gasteiger partial charge on any atom is -0.497 e. The third-order valence-corrected chi connectivity index (χ3v) is 11.7. The second-order valence-electron chi connectivity index (χ2n) is 13.1. The summed E-state index contributed by atoms with van der Waals surface area (Å²) in [6, 6.07) is 19.1. The Morgan fingerprint density at radius 3 is 2.14 bits per heavy atom. The van der Waals surface area contributed by atoms with Crippen LogP contribution in [0.5, 0.6) is 5.75 Å². The van der Waals surface area contributed by atoms with E-state index in [0.29, 0.717) is 49.1 Å². The Morgan fingerprint density at radius 2 is 1.51 bits per heavy atom. The summed E-state index contributed by atoms with van der Waals surface area (Å²) in [6.07, 6.45) is 1.52. The number of piperidine rings is 1. The van der Waals surface area contributed by atoms with Crippen LogP contribution in [0.4, 0.5) is 10.5 Å². The number of halogens is 2. The Labute approximate surface area is 302 Å². The van der Waals surface area contributed by atoms with Gasteiger partial charge >= 0.3 is 6.09 Å². The molecule has 2 saturated heterocycles. The molecule has 3 heterocycles. The fourth-order valence-corrected chi connectivity index (χ4v) is 8.90. The van der Waals surface area contributed by atoms with Crippen LogP contribution >= 0.6 is 24.8 Å². The summed E-state index contributed by atoms with van der Waals surface area (Å²) in [5.74, 6) is -0.528. The van der Waals surface area contributed by atoms with Crippen LogP contribution < -0.4 is 9.04 Å². The number of rotatable bonds is 7. The van der Waals surface area contributed by atoms with Gasteiger partial charge in [-0.15, -0.1) is 24.8 Å². The molecule has 0 bridgehead atoms. The van der Waals surface area contributed by atoms with Crippen molar-refractivity contribution in [1.29, 1.82) is 0 Å². The molecule has 266 valence electrons. The molecule has 0 aromatic heterocycles. The van der Waals surface area contributed by atoms with Gasteiger partial charge in [-0.3, -0.25) is 9.69 Å². The van der Waals surface area contributed by atoms with Gasteiger partial charge in [-0.25, -0.2) is 13.2 Å². The number of likely N-dealkylation sites (tertiary alicyclic amines) is 1. The topological polar surface area (TPSA) is 99.7 Å². The number of carbonyl (C=O) groups excluding carboxylic acids is 2. The van der Waals surface area contributed by atoms with Crippen molar-refractivity contribution in [3.8, 4) is 5.75 Å². The first-order valence-electron chi connectivity index (χ1n) is 16.3. The number of aryl methyl sites for hydroxylation is 1. The van der Waals surface area contributed by atoms with E-state index in [1.807, 2.05) is 26.0 Å². The quantitative estimate of drug-likeness (QED) is 0.301. The van der Waals surface area contributed by atoms with E-state index < -0.39 is 27.6 Å². The summed E-state index contributed by atoms with van der Waals surface area (Å²) in [5, 5.41) is 0. The lowest BCUT2D eigenvalue weighted by molar-refractivity contribution is -0.132. The molecular formula is C36H46Cl2N4O6S. The molecule has 2 fully saturated rings. The van der Waals surface area contributed by atoms with Gasteiger partial charge in [0.1, 0.15) is 5.75 Å². The van der Waals surface area contributed by atoms with E-state index in [9.17, 15) is 13.2 Å². The standard InChI is InChI=1S/C36H44N4O6S.2ClH/c1-25(2)29-11-7-8-12-30(29)36(46-35(42)39-22-20-38(21-23-39)27-16-18-37(4)19-17-27)31-24-28(45-5)14-15-32(31)40(34(36)41)47(43,44)33-13-9-6-10-26(33)3;;/h6-15,24-25,27H,16-23H2,1-5H3;2*1H. The van der Waals surface area contributed by atoms with Crippen LogP contribution in [-0.4, -0.2) is 94.6 Å². The number of amides is 2. The monoisotopic (exact) mass is 732 g/mol. The molecule has 0 N–H and O–H groups in total. The lowest BCUT2D eigenvalue weighted by Crippen LogP contribution is -2.55. The number of fused-ring (bicyclic) bond motifs is 1. The third-order valence-electron chi connectivity index (χ3n) is 9.88. The number of hydrogen-bond donors (Lipinski definition) is 0. The zero-order valence-electron chi connectivity index (χ0n) is 28.6. The summed E-state index contributed by atoms with van der Waals surface area (Å²) in [7, 11) is -0.778. The lowest BCUT2D eigenvalue weighted by Gasteiger charge is -2.42. The number of hydrogen-bond acceptors (Lipinski definition) is 8. The average Bonchev–Trinajstić information content (AvgIpc) is 3.32. The molecular weight excluding hydrogens is 687 g/mol. The predicted molar refractivity (Wildman–Crippen MR) is 195 cm³/mol. The van der Waals surface area contributed by atoms with Gasteiger partial charge in [0.25, 0.3) is 15.9 Å². The van der Waals surface area contributed by atoms with Crippen molar-refractivity contribution in [1.82, 2.24) is 14.7 Å². The molecule has 0 spiro atoms. The van der Waals surface area contributed by atoms with Crippen molar-refractivity contribution in [2.24, 2.45) is 0 Å². The molecule has 3 aromatic carbocycles. The smallest absolute Gasteiger partial charge is 0.411 e. The van der Waals surface area contributed by atoms with E-state index in [0.717, 1.165) is 35.8 Å². The second-order valence-corrected chi connectivity index (χ2v) is 14.8. The molecule has 1 unspecified atom stereocenters. The molecule has 6 rings (SSSR count). The highest BCUT2D eigenvalue weighted by Crippen LogP contribution is 2.52. The van der Waals surface area contributed by atoms with Crippen molar-refractivity contribution >= 4 is 52.5 Å². The van der Waals surface area contributed by atoms with Gasteiger partial charge in [0.05, 0.1) is 17.7 Å². The van der Waals surface area contributed by atoms with Crippen LogP contribution in [0.1, 0.15) is 54.9 Å². The summed E-state index contributed by atoms with van der Waals surface area (Å²) < 4.78 is 41.7. The van der Waals surface area contributed by atoms with E-state index in [4.69, 9.17) is 9.47 Å². The van der Waals surface area contributed by atoms with Crippen LogP contribution in [0, 0.1) is 6.92 Å². The second kappa shape index (κ2) is 15.3. The van der Waals surface area contributed by atoms with Crippen LogP contribution in [0.15, 0.2) is 71.6 Å². The van der Waals surface area contributed by atoms with Gasteiger partial charge < -0.3 is 19.3 Å². The maximum atomic E-state index is 15.1. The minimum atomic E-state index is -4.42. The molecule has 1 atom stereocenters. The van der Waals surface area contributed by atoms with E-state index in [2.05, 4.69) is 16.8 Å². The first-order valence-corrected chi connectivity index (χ1v) is 17.8. The Hall–Kier alpha value is -3.35. The van der Waals surface area contributed by atoms with Gasteiger partial charge in [0.15, 0.2) is 0 Å². The zero-order valence-corrected chi connectivity index (χ0v) is 31.1. The summed E-state index contributed by atoms with van der Waals surface area (Å²) in [5.41, 5.74) is -0.0272. The average molecular weight is 734 g/mol. The van der Waals surface area contributed by atoms with Crippen molar-refractivity contribution in [3.05, 3.63) is 89.0 Å². The number of nitrogens with zero attached hydrogens (tertiary/aromatic N) is 4. The maximum absolute atomic E-state index is 15.1. The van der Waals surface area contributed by atoms with Crippen LogP contribution in [-0.2, 0) is 25.2 Å². The van der Waals surface area contributed by atoms with Gasteiger partial charge in [-0.1, -0.05) is 56.3 Å². The lowest BCUT2D eigenvalue weighted by atomic mass is 9.81. The first-order chi connectivity index (χ1) is 22.5. The van der Waals surface area contributed by atoms with E-state index in [1.165, 1.54) is 13.2 Å². The molecule has 0 saturated carbocycles. The number of anilines is 1. The number of piperazine rings is 1. The molecule has 0 aliphatic carbocycles. The SMILES string of the molecule is COc1ccc2c(c1)C(OC(=O)N1CCN(C3CCN(C)CC3)CC1)(c1ccccc1C(C)C)C(=O)N2S(=O)(=O)c1ccccc1C.Cl.Cl. The van der Waals surface area contributed by atoms with Crippen molar-refractivity contribution < 1.29 is 27.5 Å². The summed E-state index contributed by atoms with van der Waals surface area (Å²) >= 11 is 0. The number of carbonyl (C=O) groups is 2. The van der Waals surface area contributed by atoms with Gasteiger partial charge in [-0.05, 0) is 81.2 Å². The zero-order chi connectivity index (χ0) is 33.5. The van der Waals surface area contributed by atoms with Crippen LogP contribution in [0.25, 0.3) is 0 Å². The van der Waals surface area contributed by atoms with Crippen LogP contribution in [0.2, 0.25) is 0 Å². The molecule has 0 radical (unpaired) electrons. The number of ether oxygens (including phenoxy) is 2. The molecule has 49 heavy (non-hydrogen) atoms. The highest BCUT2D eigenvalue weighted by molar-refractivity contribution is 7.93. The maximum Gasteiger partial charge on any atom is 0.411 e. The van der Waals surface area contributed by atoms with Gasteiger partial charge in [0.2, 0.25) is 5.60 Å². The highest BCUT2D eigenvalue weighted by Gasteiger charge is 2.60.